The monoisotopic (exact) mass is 223 g/mol. The Balaban J connectivity index is 2.86. The first kappa shape index (κ1) is 9.85. The second kappa shape index (κ2) is 3.65. The van der Waals surface area contributed by atoms with Gasteiger partial charge in [0, 0.05) is 0 Å². The van der Waals surface area contributed by atoms with Gasteiger partial charge in [-0.25, -0.2) is 0 Å². The molecule has 0 saturated heterocycles. The molecule has 0 N–H and O–H groups in total. The zero-order chi connectivity index (χ0) is 9.19. The zero-order valence-corrected chi connectivity index (χ0v) is 10.5. The molecule has 0 unspecified atom stereocenters. The van der Waals surface area contributed by atoms with E-state index in [0.717, 1.165) is 0 Å². The van der Waals surface area contributed by atoms with Crippen molar-refractivity contribution in [2.75, 3.05) is 0 Å². The molecular weight excluding hydrogens is 205 g/mol. The molecule has 0 nitrogen and oxygen atoms in total. The van der Waals surface area contributed by atoms with Crippen LogP contribution in [0.15, 0.2) is 30.3 Å². The molecule has 0 saturated carbocycles. The van der Waals surface area contributed by atoms with Gasteiger partial charge in [0.25, 0.3) is 0 Å². The van der Waals surface area contributed by atoms with Crippen LogP contribution in [0.4, 0.5) is 0 Å². The molecule has 0 aromatic heterocycles. The second-order valence-electron chi connectivity index (χ2n) is 4.24. The molecular formula is C11H17Ge. The van der Waals surface area contributed by atoms with E-state index in [1.807, 2.05) is 0 Å². The Morgan fingerprint density at radius 2 is 1.50 bits per heavy atom. The molecule has 1 rings (SSSR count). The molecule has 0 spiro atoms. The van der Waals surface area contributed by atoms with Gasteiger partial charge in [0.05, 0.1) is 0 Å². The van der Waals surface area contributed by atoms with Crippen LogP contribution in [0.1, 0.15) is 20.8 Å². The van der Waals surface area contributed by atoms with Crippen LogP contribution in [0.5, 0.6) is 0 Å². The van der Waals surface area contributed by atoms with E-state index in [0.29, 0.717) is 4.25 Å². The first-order valence-electron chi connectivity index (χ1n) is 4.41. The maximum absolute atomic E-state index is 2.45. The number of benzene rings is 1. The van der Waals surface area contributed by atoms with Crippen molar-refractivity contribution in [1.82, 2.24) is 0 Å². The van der Waals surface area contributed by atoms with Gasteiger partial charge in [-0.15, -0.1) is 0 Å². The van der Waals surface area contributed by atoms with Gasteiger partial charge < -0.3 is 0 Å². The van der Waals surface area contributed by atoms with Gasteiger partial charge in [0.2, 0.25) is 0 Å². The molecule has 0 heterocycles. The maximum atomic E-state index is 2.45. The SMILES string of the molecule is [CH3][Ge]([c]1ccccc1)[C](C)(C)C. The van der Waals surface area contributed by atoms with Gasteiger partial charge >= 0.3 is 79.9 Å². The van der Waals surface area contributed by atoms with Gasteiger partial charge in [-0.05, 0) is 0 Å². The molecule has 1 aromatic rings. The van der Waals surface area contributed by atoms with Crippen LogP contribution in [0.25, 0.3) is 0 Å². The Kier molecular flexibility index (Phi) is 3.00. The normalized spacial score (nSPS) is 12.1. The Labute approximate surface area is 80.1 Å². The van der Waals surface area contributed by atoms with Crippen LogP contribution in [0.3, 0.4) is 0 Å². The summed E-state index contributed by atoms with van der Waals surface area (Å²) in [5.41, 5.74) is 0. The Bertz CT molecular complexity index is 233. The third-order valence-electron chi connectivity index (χ3n) is 2.33. The van der Waals surface area contributed by atoms with Crippen molar-refractivity contribution in [2.45, 2.75) is 30.8 Å². The van der Waals surface area contributed by atoms with E-state index >= 15 is 0 Å². The number of hydrogen-bond donors (Lipinski definition) is 0. The quantitative estimate of drug-likeness (QED) is 0.640. The predicted molar refractivity (Wildman–Crippen MR) is 57.4 cm³/mol. The fraction of sp³-hybridized carbons (Fsp3) is 0.455. The van der Waals surface area contributed by atoms with Gasteiger partial charge in [0.1, 0.15) is 0 Å². The average molecular weight is 222 g/mol. The van der Waals surface area contributed by atoms with E-state index in [2.05, 4.69) is 56.9 Å². The second-order valence-corrected chi connectivity index (χ2v) is 11.2. The first-order valence-corrected chi connectivity index (χ1v) is 8.61. The molecule has 0 bridgehead atoms. The molecule has 1 heteroatoms. The number of hydrogen-bond acceptors (Lipinski definition) is 0. The van der Waals surface area contributed by atoms with Crippen molar-refractivity contribution in [1.29, 1.82) is 0 Å². The topological polar surface area (TPSA) is 0 Å². The summed E-state index contributed by atoms with van der Waals surface area (Å²) in [6.45, 7) is 7.07. The predicted octanol–water partition coefficient (Wildman–Crippen LogP) is 2.82. The zero-order valence-electron chi connectivity index (χ0n) is 8.39. The summed E-state index contributed by atoms with van der Waals surface area (Å²) in [6.07, 6.45) is 0. The molecule has 0 amide bonds. The van der Waals surface area contributed by atoms with Crippen LogP contribution < -0.4 is 4.40 Å². The summed E-state index contributed by atoms with van der Waals surface area (Å²) in [5, 5.41) is 0. The Morgan fingerprint density at radius 3 is 1.92 bits per heavy atom. The van der Waals surface area contributed by atoms with Gasteiger partial charge in [-0.1, -0.05) is 0 Å². The third-order valence-corrected chi connectivity index (χ3v) is 9.57. The molecule has 65 valence electrons. The van der Waals surface area contributed by atoms with E-state index in [9.17, 15) is 0 Å². The van der Waals surface area contributed by atoms with Crippen LogP contribution >= 0.6 is 0 Å². The fourth-order valence-electron chi connectivity index (χ4n) is 1.12. The van der Waals surface area contributed by atoms with E-state index in [-0.39, 0.29) is 0 Å². The van der Waals surface area contributed by atoms with Crippen molar-refractivity contribution in [3.63, 3.8) is 0 Å². The van der Waals surface area contributed by atoms with Crippen molar-refractivity contribution in [2.24, 2.45) is 0 Å². The van der Waals surface area contributed by atoms with Gasteiger partial charge in [-0.3, -0.25) is 0 Å². The van der Waals surface area contributed by atoms with Crippen LogP contribution in [0.2, 0.25) is 10.0 Å². The van der Waals surface area contributed by atoms with Crippen LogP contribution in [0, 0.1) is 0 Å². The van der Waals surface area contributed by atoms with Crippen molar-refractivity contribution in [3.05, 3.63) is 30.3 Å². The summed E-state index contributed by atoms with van der Waals surface area (Å²) in [6, 6.07) is 11.0. The van der Waals surface area contributed by atoms with E-state index in [1.54, 1.807) is 4.40 Å². The summed E-state index contributed by atoms with van der Waals surface area (Å²) in [7, 11) is 0. The minimum atomic E-state index is -1.02. The van der Waals surface area contributed by atoms with Crippen molar-refractivity contribution in [3.8, 4) is 0 Å². The fourth-order valence-corrected chi connectivity index (χ4v) is 4.39. The third kappa shape index (κ3) is 2.38. The molecule has 0 aliphatic heterocycles. The van der Waals surface area contributed by atoms with E-state index in [4.69, 9.17) is 0 Å². The van der Waals surface area contributed by atoms with Crippen LogP contribution in [-0.2, 0) is 0 Å². The summed E-state index contributed by atoms with van der Waals surface area (Å²) < 4.78 is 2.13. The van der Waals surface area contributed by atoms with E-state index < -0.39 is 14.3 Å². The van der Waals surface area contributed by atoms with Gasteiger partial charge in [-0.2, -0.15) is 0 Å². The standard InChI is InChI=1S/C11H17Ge/c1-11(2,3)12(4)10-8-6-5-7-9-10/h5-9H,1-4H3. The van der Waals surface area contributed by atoms with Crippen molar-refractivity contribution >= 4 is 18.7 Å². The first-order chi connectivity index (χ1) is 5.52. The Morgan fingerprint density at radius 1 is 1.00 bits per heavy atom. The molecule has 0 fully saturated rings. The molecule has 0 aliphatic rings. The molecule has 1 radical (unpaired) electrons. The van der Waals surface area contributed by atoms with E-state index in [1.165, 1.54) is 0 Å². The van der Waals surface area contributed by atoms with Crippen LogP contribution in [-0.4, -0.2) is 14.3 Å². The number of rotatable bonds is 1. The Hall–Kier alpha value is -0.237. The van der Waals surface area contributed by atoms with Crippen molar-refractivity contribution < 1.29 is 0 Å². The summed E-state index contributed by atoms with van der Waals surface area (Å²) >= 11 is -1.02. The molecule has 12 heavy (non-hydrogen) atoms. The van der Waals surface area contributed by atoms with Gasteiger partial charge in [0.15, 0.2) is 0 Å². The summed E-state index contributed by atoms with van der Waals surface area (Å²) in [4.78, 5) is 0. The summed E-state index contributed by atoms with van der Waals surface area (Å²) in [5.74, 6) is 2.45. The minimum absolute atomic E-state index is 0.529. The average Bonchev–Trinajstić information content (AvgIpc) is 2.03. The molecule has 0 atom stereocenters. The molecule has 0 aliphatic carbocycles. The molecule has 1 aromatic carbocycles.